The van der Waals surface area contributed by atoms with Crippen LogP contribution in [0.3, 0.4) is 0 Å². The standard InChI is InChI=1S/C74H92N10O12S2/c1-45(2)40-57(75)66(89)80-59(42-97-44-76-50(9)86)68(91)82-63(47(5)6)71(94)78-58(41-61(87)84-73(51-28-16-10-17-29-51,52-30-18-11-19-31-52)53-32-20-12-21-33-53)67(90)81-62(46(3)4)70(93)77-48(7)65(88)79-60(69(92)83-64(49(8)85)72(95)96)43-98-74(54-34-22-13-23-35-54,55-36-24-14-25-37-55)56-38-26-15-27-39-56/h10-39,45-49,57-60,62-64,85H,40-44,75H2,1-9H3,(H,76,86)(H,77,93)(H,78,94)(H,79,88)(H,80,89)(H,81,90)(H,82,91)(H,83,92)(H,84,87)(H,95,96)/t48-,49+,57-,58-,59-,60-,62-,63-,64-/m0/s1. The third-order valence-corrected chi connectivity index (χ3v) is 18.9. The number of aliphatic hydroxyl groups is 1. The van der Waals surface area contributed by atoms with E-state index in [1.54, 1.807) is 27.7 Å². The van der Waals surface area contributed by atoms with Crippen molar-refractivity contribution in [3.63, 3.8) is 0 Å². The summed E-state index contributed by atoms with van der Waals surface area (Å²) in [4.78, 5) is 141. The van der Waals surface area contributed by atoms with Crippen molar-refractivity contribution in [3.8, 4) is 0 Å². The fraction of sp³-hybridized carbons (Fsp3) is 0.378. The lowest BCUT2D eigenvalue weighted by molar-refractivity contribution is -0.145. The molecule has 522 valence electrons. The van der Waals surface area contributed by atoms with Gasteiger partial charge in [-0.25, -0.2) is 4.79 Å². The van der Waals surface area contributed by atoms with Crippen molar-refractivity contribution >= 4 is 82.7 Å². The molecule has 6 aromatic carbocycles. The van der Waals surface area contributed by atoms with Crippen LogP contribution >= 0.6 is 23.5 Å². The zero-order chi connectivity index (χ0) is 71.7. The molecule has 0 radical (unpaired) electrons. The summed E-state index contributed by atoms with van der Waals surface area (Å²) in [5.41, 5.74) is 9.22. The number of aliphatic carboxylic acids is 1. The van der Waals surface area contributed by atoms with Crippen LogP contribution in [0.4, 0.5) is 0 Å². The summed E-state index contributed by atoms with van der Waals surface area (Å²) in [6.07, 6.45) is -2.00. The number of hydrogen-bond acceptors (Lipinski definition) is 14. The largest absolute Gasteiger partial charge is 0.480 e. The molecule has 9 atom stereocenters. The second kappa shape index (κ2) is 37.4. The maximum atomic E-state index is 15.2. The van der Waals surface area contributed by atoms with Gasteiger partial charge in [0.05, 0.1) is 29.2 Å². The average Bonchev–Trinajstić information content (AvgIpc) is 0.763. The average molecular weight is 1380 g/mol. The van der Waals surface area contributed by atoms with Crippen LogP contribution in [-0.4, -0.2) is 141 Å². The summed E-state index contributed by atoms with van der Waals surface area (Å²) in [6, 6.07) is 44.3. The lowest BCUT2D eigenvalue weighted by Crippen LogP contribution is -2.62. The van der Waals surface area contributed by atoms with Gasteiger partial charge in [0.1, 0.15) is 41.8 Å². The Morgan fingerprint density at radius 3 is 1.17 bits per heavy atom. The molecule has 13 N–H and O–H groups in total. The van der Waals surface area contributed by atoms with E-state index in [0.717, 1.165) is 28.5 Å². The fourth-order valence-corrected chi connectivity index (χ4v) is 13.6. The Morgan fingerprint density at radius 1 is 0.439 bits per heavy atom. The number of benzene rings is 6. The molecule has 0 saturated carbocycles. The third-order valence-electron chi connectivity index (χ3n) is 16.3. The normalized spacial score (nSPS) is 14.3. The second-order valence-corrected chi connectivity index (χ2v) is 27.4. The van der Waals surface area contributed by atoms with Gasteiger partial charge in [-0.15, -0.1) is 23.5 Å². The van der Waals surface area contributed by atoms with E-state index >= 15 is 9.59 Å². The minimum atomic E-state index is -1.78. The number of carbonyl (C=O) groups is 10. The molecule has 0 unspecified atom stereocenters. The first-order valence-electron chi connectivity index (χ1n) is 32.6. The lowest BCUT2D eigenvalue weighted by atomic mass is 9.77. The van der Waals surface area contributed by atoms with Crippen molar-refractivity contribution in [1.29, 1.82) is 0 Å². The molecule has 0 heterocycles. The summed E-state index contributed by atoms with van der Waals surface area (Å²) in [6.45, 7) is 14.1. The molecule has 0 spiro atoms. The first-order valence-corrected chi connectivity index (χ1v) is 34.7. The van der Waals surface area contributed by atoms with Gasteiger partial charge >= 0.3 is 5.97 Å². The minimum Gasteiger partial charge on any atom is -0.480 e. The zero-order valence-corrected chi connectivity index (χ0v) is 58.3. The molecule has 0 fully saturated rings. The van der Waals surface area contributed by atoms with Gasteiger partial charge in [0.15, 0.2) is 6.04 Å². The number of rotatable bonds is 36. The van der Waals surface area contributed by atoms with E-state index in [0.29, 0.717) is 23.1 Å². The number of thioether (sulfide) groups is 2. The number of amides is 9. The Morgan fingerprint density at radius 2 is 0.796 bits per heavy atom. The summed E-state index contributed by atoms with van der Waals surface area (Å²) in [5, 5.41) is 45.0. The van der Waals surface area contributed by atoms with Gasteiger partial charge in [-0.1, -0.05) is 224 Å². The molecule has 0 aliphatic carbocycles. The molecule has 22 nitrogen and oxygen atoms in total. The fourth-order valence-electron chi connectivity index (χ4n) is 11.1. The smallest absolute Gasteiger partial charge is 0.328 e. The molecular weight excluding hydrogens is 1290 g/mol. The summed E-state index contributed by atoms with van der Waals surface area (Å²) < 4.78 is -1.03. The Labute approximate surface area is 581 Å². The van der Waals surface area contributed by atoms with E-state index in [1.165, 1.54) is 32.5 Å². The van der Waals surface area contributed by atoms with Gasteiger partial charge < -0.3 is 63.8 Å². The van der Waals surface area contributed by atoms with Crippen LogP contribution in [0, 0.1) is 17.8 Å². The number of nitrogens with two attached hydrogens (primary N) is 1. The highest BCUT2D eigenvalue weighted by Crippen LogP contribution is 2.49. The first-order chi connectivity index (χ1) is 46.7. The second-order valence-electron chi connectivity index (χ2n) is 25.1. The van der Waals surface area contributed by atoms with Crippen LogP contribution in [0.2, 0.25) is 0 Å². The van der Waals surface area contributed by atoms with Gasteiger partial charge in [-0.3, -0.25) is 43.2 Å². The predicted octanol–water partition coefficient (Wildman–Crippen LogP) is 5.60. The van der Waals surface area contributed by atoms with Crippen LogP contribution in [-0.2, 0) is 58.2 Å². The van der Waals surface area contributed by atoms with Crippen molar-refractivity contribution in [3.05, 3.63) is 215 Å². The zero-order valence-electron chi connectivity index (χ0n) is 56.7. The molecule has 9 amide bonds. The quantitative estimate of drug-likeness (QED) is 0.0129. The van der Waals surface area contributed by atoms with Gasteiger partial charge in [0.2, 0.25) is 53.2 Å². The molecule has 0 aliphatic rings. The number of carboxylic acid groups (broad SMARTS) is 1. The predicted molar refractivity (Wildman–Crippen MR) is 380 cm³/mol. The van der Waals surface area contributed by atoms with Crippen LogP contribution in [0.25, 0.3) is 0 Å². The maximum absolute atomic E-state index is 15.2. The molecular formula is C74H92N10O12S2. The van der Waals surface area contributed by atoms with Crippen LogP contribution < -0.4 is 53.6 Å². The SMILES string of the molecule is CC(=O)NCSC[C@H](NC(=O)[C@@H](N)CC(C)C)C(=O)N[C@H](C(=O)N[C@@H](CC(=O)NC(c1ccccc1)(c1ccccc1)c1ccccc1)C(=O)N[C@H](C(=O)N[C@@H](C)C(=O)N[C@@H](CSC(c1ccccc1)(c1ccccc1)c1ccccc1)C(=O)N[C@H](C(=O)O)[C@@H](C)O)C(C)C)C(C)C. The summed E-state index contributed by atoms with van der Waals surface area (Å²) in [5.74, 6) is -10.2. The van der Waals surface area contributed by atoms with E-state index in [9.17, 15) is 48.6 Å². The molecule has 24 heteroatoms. The summed E-state index contributed by atoms with van der Waals surface area (Å²) >= 11 is 2.42. The van der Waals surface area contributed by atoms with E-state index in [2.05, 4.69) is 47.9 Å². The Balaban J connectivity index is 1.33. The van der Waals surface area contributed by atoms with E-state index in [1.807, 2.05) is 196 Å². The maximum Gasteiger partial charge on any atom is 0.328 e. The van der Waals surface area contributed by atoms with Gasteiger partial charge in [-0.2, -0.15) is 0 Å². The number of nitrogens with one attached hydrogen (secondary N) is 9. The highest BCUT2D eigenvalue weighted by atomic mass is 32.2. The van der Waals surface area contributed by atoms with Gasteiger partial charge in [-0.05, 0) is 71.4 Å². The lowest BCUT2D eigenvalue weighted by Gasteiger charge is -2.37. The molecule has 0 saturated heterocycles. The molecule has 0 aromatic heterocycles. The van der Waals surface area contributed by atoms with Crippen molar-refractivity contribution in [2.45, 2.75) is 140 Å². The van der Waals surface area contributed by atoms with Crippen molar-refractivity contribution in [2.75, 3.05) is 17.4 Å². The van der Waals surface area contributed by atoms with Gasteiger partial charge in [0.25, 0.3) is 0 Å². The minimum absolute atomic E-state index is 0.0365. The van der Waals surface area contributed by atoms with Crippen LogP contribution in [0.1, 0.15) is 109 Å². The number of carbonyl (C=O) groups excluding carboxylic acids is 9. The van der Waals surface area contributed by atoms with Crippen molar-refractivity contribution in [2.24, 2.45) is 23.5 Å². The van der Waals surface area contributed by atoms with Crippen LogP contribution in [0.15, 0.2) is 182 Å². The van der Waals surface area contributed by atoms with Crippen molar-refractivity contribution in [1.82, 2.24) is 47.9 Å². The molecule has 0 aliphatic heterocycles. The summed E-state index contributed by atoms with van der Waals surface area (Å²) in [7, 11) is 0. The molecule has 98 heavy (non-hydrogen) atoms. The molecule has 0 bridgehead atoms. The van der Waals surface area contributed by atoms with Crippen LogP contribution in [0.5, 0.6) is 0 Å². The molecule has 6 rings (SSSR count). The number of aliphatic hydroxyl groups excluding tert-OH is 1. The molecule has 6 aromatic rings. The third kappa shape index (κ3) is 21.3. The Hall–Kier alpha value is -9.36. The highest BCUT2D eigenvalue weighted by molar-refractivity contribution is 8.00. The highest BCUT2D eigenvalue weighted by Gasteiger charge is 2.43. The monoisotopic (exact) mass is 1380 g/mol. The number of carboxylic acids is 1. The van der Waals surface area contributed by atoms with Crippen molar-refractivity contribution < 1.29 is 58.2 Å². The first kappa shape index (κ1) is 77.6. The van der Waals surface area contributed by atoms with Gasteiger partial charge in [0, 0.05) is 18.4 Å². The van der Waals surface area contributed by atoms with E-state index in [4.69, 9.17) is 5.73 Å². The van der Waals surface area contributed by atoms with E-state index < -0.39 is 136 Å². The Bertz CT molecular complexity index is 3420. The topological polar surface area (TPSA) is 345 Å². The van der Waals surface area contributed by atoms with E-state index in [-0.39, 0.29) is 29.2 Å². The number of hydrogen-bond donors (Lipinski definition) is 12. The Kier molecular flexibility index (Phi) is 29.6.